The number of rotatable bonds is 12. The third-order valence-electron chi connectivity index (χ3n) is 7.50. The zero-order valence-corrected chi connectivity index (χ0v) is 25.2. The van der Waals surface area contributed by atoms with Crippen molar-refractivity contribution in [2.75, 3.05) is 6.61 Å². The second-order valence-corrected chi connectivity index (χ2v) is 10.8. The van der Waals surface area contributed by atoms with Crippen molar-refractivity contribution in [1.82, 2.24) is 9.55 Å². The Hall–Kier alpha value is -5.29. The Morgan fingerprint density at radius 2 is 1.20 bits per heavy atom. The molecule has 5 rings (SSSR count). The van der Waals surface area contributed by atoms with Crippen LogP contribution in [0.25, 0.3) is 0 Å². The smallest absolute Gasteiger partial charge is 0.330 e. The highest BCUT2D eigenvalue weighted by Gasteiger charge is 2.51. The molecule has 3 aromatic carbocycles. The molecule has 2 heterocycles. The molecule has 238 valence electrons. The van der Waals surface area contributed by atoms with Crippen LogP contribution in [-0.4, -0.2) is 52.4 Å². The minimum Gasteiger partial charge on any atom is -0.463 e. The van der Waals surface area contributed by atoms with Crippen molar-refractivity contribution in [3.8, 4) is 0 Å². The van der Waals surface area contributed by atoms with Gasteiger partial charge < -0.3 is 18.9 Å². The summed E-state index contributed by atoms with van der Waals surface area (Å²) in [5.74, 6) is -1.86. The Morgan fingerprint density at radius 3 is 1.70 bits per heavy atom. The lowest BCUT2D eigenvalue weighted by Crippen LogP contribution is -2.43. The number of nitrogens with one attached hydrogen (secondary N) is 1. The van der Waals surface area contributed by atoms with Gasteiger partial charge in [-0.2, -0.15) is 0 Å². The number of aromatic nitrogens is 2. The van der Waals surface area contributed by atoms with E-state index < -0.39 is 53.7 Å². The Balaban J connectivity index is 1.45. The summed E-state index contributed by atoms with van der Waals surface area (Å²) in [5, 5.41) is 0. The third kappa shape index (κ3) is 8.24. The molecule has 0 aliphatic carbocycles. The fourth-order valence-corrected chi connectivity index (χ4v) is 5.20. The van der Waals surface area contributed by atoms with Crippen LogP contribution < -0.4 is 11.2 Å². The molecule has 1 aromatic heterocycles. The van der Waals surface area contributed by atoms with Crippen LogP contribution in [0.5, 0.6) is 0 Å². The van der Waals surface area contributed by atoms with E-state index in [4.69, 9.17) is 18.9 Å². The highest BCUT2D eigenvalue weighted by Crippen LogP contribution is 2.34. The van der Waals surface area contributed by atoms with Gasteiger partial charge in [-0.05, 0) is 23.1 Å². The van der Waals surface area contributed by atoms with Crippen LogP contribution in [-0.2, 0) is 59.0 Å². The second-order valence-electron chi connectivity index (χ2n) is 10.8. The second kappa shape index (κ2) is 15.1. The average Bonchev–Trinajstić information content (AvgIpc) is 3.37. The van der Waals surface area contributed by atoms with Gasteiger partial charge in [0.15, 0.2) is 18.4 Å². The number of benzene rings is 3. The van der Waals surface area contributed by atoms with E-state index in [0.717, 1.165) is 10.1 Å². The number of nitrogens with zero attached hydrogens (tertiary/aromatic N) is 1. The Bertz CT molecular complexity index is 1750. The first kappa shape index (κ1) is 32.1. The molecule has 4 aromatic rings. The fraction of sp³-hybridized carbons (Fsp3) is 0.286. The average molecular weight is 627 g/mol. The van der Waals surface area contributed by atoms with Gasteiger partial charge >= 0.3 is 23.6 Å². The molecular formula is C35H34N2O9. The zero-order valence-electron chi connectivity index (χ0n) is 25.2. The van der Waals surface area contributed by atoms with Gasteiger partial charge in [0.25, 0.3) is 5.56 Å². The predicted octanol–water partition coefficient (Wildman–Crippen LogP) is 3.09. The monoisotopic (exact) mass is 626 g/mol. The van der Waals surface area contributed by atoms with Gasteiger partial charge in [0.2, 0.25) is 0 Å². The predicted molar refractivity (Wildman–Crippen MR) is 166 cm³/mol. The SMILES string of the molecule is CCc1cn([C@@H]2O[C@H](COC(=O)Cc3ccccc3)[C@@H](OC(=O)Cc3ccccc3)[C@H]2OC(=O)Cc2ccccc2)c(=O)[nH]c1=O. The highest BCUT2D eigenvalue weighted by molar-refractivity contribution is 5.74. The number of carbonyl (C=O) groups is 3. The van der Waals surface area contributed by atoms with Crippen molar-refractivity contribution < 1.29 is 33.3 Å². The van der Waals surface area contributed by atoms with Crippen LogP contribution in [0.15, 0.2) is 107 Å². The van der Waals surface area contributed by atoms with Crippen LogP contribution in [0.4, 0.5) is 0 Å². The van der Waals surface area contributed by atoms with Crippen molar-refractivity contribution in [2.24, 2.45) is 0 Å². The van der Waals surface area contributed by atoms with E-state index in [1.165, 1.54) is 6.20 Å². The van der Waals surface area contributed by atoms with E-state index in [0.29, 0.717) is 17.5 Å². The summed E-state index contributed by atoms with van der Waals surface area (Å²) in [7, 11) is 0. The van der Waals surface area contributed by atoms with E-state index in [1.54, 1.807) is 79.7 Å². The Kier molecular flexibility index (Phi) is 10.6. The van der Waals surface area contributed by atoms with Crippen LogP contribution in [0, 0.1) is 0 Å². The quantitative estimate of drug-likeness (QED) is 0.185. The molecule has 1 saturated heterocycles. The molecule has 0 saturated carbocycles. The highest BCUT2D eigenvalue weighted by atomic mass is 16.7. The largest absolute Gasteiger partial charge is 0.463 e. The van der Waals surface area contributed by atoms with Gasteiger partial charge in [-0.15, -0.1) is 0 Å². The minimum atomic E-state index is -1.33. The van der Waals surface area contributed by atoms with E-state index in [9.17, 15) is 24.0 Å². The summed E-state index contributed by atoms with van der Waals surface area (Å²) in [6.07, 6.45) is -3.61. The number of aromatic amines is 1. The van der Waals surface area contributed by atoms with Gasteiger partial charge in [-0.3, -0.25) is 28.7 Å². The first-order valence-corrected chi connectivity index (χ1v) is 15.0. The molecule has 4 atom stereocenters. The van der Waals surface area contributed by atoms with Gasteiger partial charge in [0.1, 0.15) is 12.7 Å². The van der Waals surface area contributed by atoms with Crippen LogP contribution in [0.2, 0.25) is 0 Å². The van der Waals surface area contributed by atoms with Crippen molar-refractivity contribution in [1.29, 1.82) is 0 Å². The molecular weight excluding hydrogens is 592 g/mol. The molecule has 0 unspecified atom stereocenters. The van der Waals surface area contributed by atoms with Crippen molar-refractivity contribution >= 4 is 17.9 Å². The van der Waals surface area contributed by atoms with Gasteiger partial charge in [0.05, 0.1) is 19.3 Å². The van der Waals surface area contributed by atoms with Crippen LogP contribution in [0.3, 0.4) is 0 Å². The number of carbonyl (C=O) groups excluding carboxylic acids is 3. The lowest BCUT2D eigenvalue weighted by molar-refractivity contribution is -0.168. The molecule has 11 nitrogen and oxygen atoms in total. The molecule has 11 heteroatoms. The minimum absolute atomic E-state index is 0.00974. The Morgan fingerprint density at radius 1 is 0.717 bits per heavy atom. The summed E-state index contributed by atoms with van der Waals surface area (Å²) < 4.78 is 24.7. The maximum absolute atomic E-state index is 13.3. The molecule has 0 radical (unpaired) electrons. The molecule has 1 aliphatic rings. The molecule has 0 bridgehead atoms. The Labute approximate surface area is 264 Å². The number of aryl methyl sites for hydroxylation is 1. The standard InChI is InChI=1S/C35H34N2O9/c1-2-26-21-37(35(42)36-33(26)41)34-32(46-30(40)20-25-16-10-5-11-17-25)31(45-29(39)19-24-14-8-4-9-15-24)27(44-34)22-43-28(38)18-23-12-6-3-7-13-23/h3-17,21,27,31-32,34H,2,18-20,22H2,1H3,(H,36,41,42)/t27-,31-,32-,34-/m1/s1. The number of H-pyrrole nitrogens is 1. The first-order valence-electron chi connectivity index (χ1n) is 15.0. The fourth-order valence-electron chi connectivity index (χ4n) is 5.20. The van der Waals surface area contributed by atoms with E-state index in [1.807, 2.05) is 18.2 Å². The number of hydrogen-bond acceptors (Lipinski definition) is 9. The number of hydrogen-bond donors (Lipinski definition) is 1. The normalized spacial score (nSPS) is 18.9. The summed E-state index contributed by atoms with van der Waals surface area (Å²) in [6.45, 7) is 1.38. The van der Waals surface area contributed by atoms with E-state index in [2.05, 4.69) is 4.98 Å². The van der Waals surface area contributed by atoms with E-state index in [-0.39, 0.29) is 31.4 Å². The molecule has 1 aliphatic heterocycles. The molecule has 0 amide bonds. The maximum Gasteiger partial charge on any atom is 0.330 e. The first-order chi connectivity index (χ1) is 22.3. The zero-order chi connectivity index (χ0) is 32.5. The summed E-state index contributed by atoms with van der Waals surface area (Å²) in [6, 6.07) is 26.8. The van der Waals surface area contributed by atoms with Gasteiger partial charge in [-0.1, -0.05) is 97.9 Å². The summed E-state index contributed by atoms with van der Waals surface area (Å²) in [5.41, 5.74) is 1.03. The molecule has 46 heavy (non-hydrogen) atoms. The lowest BCUT2D eigenvalue weighted by atomic mass is 10.1. The van der Waals surface area contributed by atoms with Crippen LogP contribution >= 0.6 is 0 Å². The van der Waals surface area contributed by atoms with E-state index >= 15 is 0 Å². The molecule has 0 spiro atoms. The lowest BCUT2D eigenvalue weighted by Gasteiger charge is -2.25. The topological polar surface area (TPSA) is 143 Å². The molecule has 1 N–H and O–H groups in total. The third-order valence-corrected chi connectivity index (χ3v) is 7.50. The maximum atomic E-state index is 13.3. The molecule has 1 fully saturated rings. The van der Waals surface area contributed by atoms with Crippen molar-refractivity contribution in [3.63, 3.8) is 0 Å². The summed E-state index contributed by atoms with van der Waals surface area (Å²) >= 11 is 0. The van der Waals surface area contributed by atoms with Gasteiger partial charge in [0, 0.05) is 11.8 Å². The van der Waals surface area contributed by atoms with Crippen molar-refractivity contribution in [3.05, 3.63) is 140 Å². The van der Waals surface area contributed by atoms with Gasteiger partial charge in [-0.25, -0.2) is 4.79 Å². The van der Waals surface area contributed by atoms with Crippen molar-refractivity contribution in [2.45, 2.75) is 57.1 Å². The van der Waals surface area contributed by atoms with Crippen LogP contribution in [0.1, 0.15) is 35.4 Å². The summed E-state index contributed by atoms with van der Waals surface area (Å²) in [4.78, 5) is 66.9. The number of ether oxygens (including phenoxy) is 4. The number of esters is 3.